The second kappa shape index (κ2) is 31.2. The number of fused-ring (bicyclic) bond motifs is 3. The smallest absolute Gasteiger partial charge is 0.338 e. The molecule has 4 aromatic rings. The molecule has 0 aromatic heterocycles. The van der Waals surface area contributed by atoms with Crippen molar-refractivity contribution < 1.29 is 114 Å². The molecule has 96 heavy (non-hydrogen) atoms. The van der Waals surface area contributed by atoms with E-state index in [0.717, 1.165) is 63.8 Å². The minimum Gasteiger partial charge on any atom is -0.456 e. The average Bonchev–Trinajstić information content (AvgIpc) is 0.756. The fourth-order valence-electron chi connectivity index (χ4n) is 12.4. The van der Waals surface area contributed by atoms with Crippen molar-refractivity contribution in [3.05, 3.63) is 150 Å². The zero-order valence-electron chi connectivity index (χ0n) is 54.5. The maximum Gasteiger partial charge on any atom is 0.338 e. The third-order valence-electron chi connectivity index (χ3n) is 16.8. The van der Waals surface area contributed by atoms with E-state index in [4.69, 9.17) is 75.8 Å². The van der Waals surface area contributed by atoms with Crippen LogP contribution in [0.2, 0.25) is 0 Å². The summed E-state index contributed by atoms with van der Waals surface area (Å²) in [6, 6.07) is 20.1. The number of aryl methyl sites for hydroxylation is 2. The molecule has 4 saturated heterocycles. The Morgan fingerprint density at radius 1 is 0.406 bits per heavy atom. The summed E-state index contributed by atoms with van der Waals surface area (Å²) in [4.78, 5) is 112. The first-order chi connectivity index (χ1) is 45.8. The monoisotopic (exact) mass is 1330 g/mol. The lowest BCUT2D eigenvalue weighted by Crippen LogP contribution is -2.64. The maximum absolute atomic E-state index is 14.7. The molecule has 4 aromatic carbocycles. The predicted octanol–water partition coefficient (Wildman–Crippen LogP) is 8.09. The Kier molecular flexibility index (Phi) is 23.2. The number of nitrogens with zero attached hydrogens (tertiary/aromatic N) is 6. The van der Waals surface area contributed by atoms with Gasteiger partial charge in [0.05, 0.1) is 48.6 Å². The summed E-state index contributed by atoms with van der Waals surface area (Å²) < 4.78 is 101. The lowest BCUT2D eigenvalue weighted by Gasteiger charge is -2.49. The van der Waals surface area contributed by atoms with Crippen molar-refractivity contribution in [2.75, 3.05) is 13.2 Å². The van der Waals surface area contributed by atoms with Gasteiger partial charge >= 0.3 is 47.8 Å². The van der Waals surface area contributed by atoms with Crippen molar-refractivity contribution in [2.45, 2.75) is 206 Å². The van der Waals surface area contributed by atoms with Crippen molar-refractivity contribution in [3.8, 4) is 11.1 Å². The normalized spacial score (nSPS) is 30.5. The molecular formula is C66H74N6O24. The predicted molar refractivity (Wildman–Crippen MR) is 327 cm³/mol. The Hall–Kier alpha value is -9.06. The Morgan fingerprint density at radius 2 is 0.729 bits per heavy atom. The molecule has 30 heteroatoms. The lowest BCUT2D eigenvalue weighted by molar-refractivity contribution is -0.352. The summed E-state index contributed by atoms with van der Waals surface area (Å²) in [5.41, 5.74) is 26.2. The van der Waals surface area contributed by atoms with Gasteiger partial charge in [0.1, 0.15) is 24.4 Å². The Balaban J connectivity index is 1.21. The van der Waals surface area contributed by atoms with Crippen molar-refractivity contribution in [3.63, 3.8) is 0 Å². The quantitative estimate of drug-likeness (QED) is 0.0265. The Morgan fingerprint density at radius 3 is 1.05 bits per heavy atom. The van der Waals surface area contributed by atoms with Crippen molar-refractivity contribution in [2.24, 2.45) is 10.2 Å². The van der Waals surface area contributed by atoms with Crippen LogP contribution in [0.3, 0.4) is 0 Å². The van der Waals surface area contributed by atoms with Crippen LogP contribution in [-0.4, -0.2) is 171 Å². The molecule has 4 heterocycles. The van der Waals surface area contributed by atoms with Gasteiger partial charge in [-0.25, -0.2) is 9.59 Å². The molecule has 4 fully saturated rings. The van der Waals surface area contributed by atoms with Gasteiger partial charge in [-0.1, -0.05) is 70.9 Å². The minimum atomic E-state index is -1.81. The van der Waals surface area contributed by atoms with Gasteiger partial charge in [-0.05, 0) is 121 Å². The zero-order chi connectivity index (χ0) is 69.4. The van der Waals surface area contributed by atoms with Crippen LogP contribution in [-0.2, 0) is 105 Å². The average molecular weight is 1340 g/mol. The van der Waals surface area contributed by atoms with Crippen LogP contribution in [0.4, 0.5) is 0 Å². The van der Waals surface area contributed by atoms with Crippen LogP contribution < -0.4 is 0 Å². The van der Waals surface area contributed by atoms with E-state index in [1.54, 1.807) is 36.4 Å². The maximum atomic E-state index is 14.7. The molecule has 20 atom stereocenters. The number of azide groups is 2. The number of benzene rings is 4. The molecule has 30 nitrogen and oxygen atoms in total. The van der Waals surface area contributed by atoms with Crippen molar-refractivity contribution >= 4 is 47.8 Å². The van der Waals surface area contributed by atoms with Crippen LogP contribution >= 0.6 is 0 Å². The molecule has 0 saturated carbocycles. The molecule has 0 unspecified atom stereocenters. The molecule has 5 aliphatic rings. The highest BCUT2D eigenvalue weighted by molar-refractivity contribution is 5.90. The highest BCUT2D eigenvalue weighted by Gasteiger charge is 2.58. The molecular weight excluding hydrogens is 1260 g/mol. The summed E-state index contributed by atoms with van der Waals surface area (Å²) in [5, 5.41) is 8.15. The summed E-state index contributed by atoms with van der Waals surface area (Å²) in [6.45, 7) is 16.3. The zero-order valence-corrected chi connectivity index (χ0v) is 54.5. The first-order valence-electron chi connectivity index (χ1n) is 30.8. The van der Waals surface area contributed by atoms with E-state index in [9.17, 15) is 49.4 Å². The second-order valence-electron chi connectivity index (χ2n) is 23.5. The molecule has 9 rings (SSSR count). The van der Waals surface area contributed by atoms with Crippen LogP contribution in [0.25, 0.3) is 32.0 Å². The van der Waals surface area contributed by atoms with Crippen LogP contribution in [0.1, 0.15) is 122 Å². The van der Waals surface area contributed by atoms with E-state index in [2.05, 4.69) is 20.1 Å². The molecule has 0 amide bonds. The lowest BCUT2D eigenvalue weighted by atomic mass is 9.76. The van der Waals surface area contributed by atoms with E-state index in [-0.39, 0.29) is 11.1 Å². The second-order valence-corrected chi connectivity index (χ2v) is 23.5. The van der Waals surface area contributed by atoms with E-state index in [0.29, 0.717) is 22.3 Å². The van der Waals surface area contributed by atoms with Crippen LogP contribution in [0.15, 0.2) is 95.2 Å². The van der Waals surface area contributed by atoms with E-state index in [1.807, 2.05) is 52.0 Å². The third-order valence-corrected chi connectivity index (χ3v) is 16.8. The molecule has 512 valence electrons. The van der Waals surface area contributed by atoms with Crippen molar-refractivity contribution in [1.29, 1.82) is 0 Å². The van der Waals surface area contributed by atoms with Gasteiger partial charge in [0.25, 0.3) is 0 Å². The first kappa shape index (κ1) is 71.2. The highest BCUT2D eigenvalue weighted by Crippen LogP contribution is 2.54. The fraction of sp³-hybridized carbons (Fsp3) is 0.515. The topological polar surface area (TPSA) is 382 Å². The molecule has 0 bridgehead atoms. The Labute approximate surface area is 550 Å². The number of hydrogen-bond acceptors (Lipinski definition) is 26. The summed E-state index contributed by atoms with van der Waals surface area (Å²) in [7, 11) is 0. The largest absolute Gasteiger partial charge is 0.456 e. The molecule has 0 spiro atoms. The van der Waals surface area contributed by atoms with Gasteiger partial charge < -0.3 is 75.8 Å². The molecule has 0 N–H and O–H groups in total. The summed E-state index contributed by atoms with van der Waals surface area (Å²) in [5.74, 6) is -7.06. The number of carbonyl (C=O) groups is 8. The van der Waals surface area contributed by atoms with E-state index < -0.39 is 184 Å². The summed E-state index contributed by atoms with van der Waals surface area (Å²) in [6.07, 6.45) is -28.5. The Bertz CT molecular complexity index is 3430. The van der Waals surface area contributed by atoms with Crippen molar-refractivity contribution in [1.82, 2.24) is 0 Å². The van der Waals surface area contributed by atoms with Gasteiger partial charge in [0, 0.05) is 51.4 Å². The molecule has 1 aliphatic carbocycles. The van der Waals surface area contributed by atoms with E-state index in [1.165, 1.54) is 38.1 Å². The number of hydrogen-bond donors (Lipinski definition) is 0. The summed E-state index contributed by atoms with van der Waals surface area (Å²) >= 11 is 0. The number of rotatable bonds is 20. The minimum absolute atomic E-state index is 0.0364. The van der Waals surface area contributed by atoms with Gasteiger partial charge in [-0.3, -0.25) is 28.8 Å². The first-order valence-corrected chi connectivity index (χ1v) is 30.8. The van der Waals surface area contributed by atoms with Gasteiger partial charge in [-0.15, -0.1) is 0 Å². The van der Waals surface area contributed by atoms with Crippen LogP contribution in [0, 0.1) is 27.7 Å². The molecule has 0 radical (unpaired) electrons. The number of carbonyl (C=O) groups excluding carboxylic acids is 8. The van der Waals surface area contributed by atoms with E-state index >= 15 is 0 Å². The van der Waals surface area contributed by atoms with Crippen LogP contribution in [0.5, 0.6) is 0 Å². The highest BCUT2D eigenvalue weighted by atomic mass is 16.8. The number of esters is 8. The molecule has 4 aliphatic heterocycles. The fourth-order valence-corrected chi connectivity index (χ4v) is 12.4. The standard InChI is InChI=1S/C66H74N6O24/c1-29-23-25-43-47(31(29)3)48-32(4)30(2)24-26-44(48)52(94-66-60(92-62(80)42-21-17-14-18-22-42)56(50(70-72-68)34(6)84-66)96-64-58(90-40(12)78)54(88-38(10)76)46(28-82-64)86-36(8)74)51(43)93-65-59(91-61(79)41-19-15-13-16-20-41)55(49(69-71-67)33(5)83-65)95-63-57(89-39(11)77)53(87-37(9)75)45(27-81-63)85-35(7)73/h13-26,33-34,45-46,49-60,63-66H,27-28H2,1-12H3/t33-,34-,45-,46-,49+,50+,51+,52+,53+,54+,55+,56+,57-,58-,59-,60-,63+,64+,65+,66+/m1/s1. The number of ether oxygens (including phenoxy) is 16. The third kappa shape index (κ3) is 16.1. The SMILES string of the molecule is CC(=O)O[C@@H]1[C@@H](OC(C)=O)[C@H](O[C@H]2[C@@H](N=[N+]=[N-])[C@@H](C)O[C@@H](O[C@H]3c4ccc(C)c(C)c4-c4c(ccc(C)c4C)[C@@H]3O[C@@H]3O[C@H](C)[C@H](N=[N+]=[N-])[C@H](O[C@@H]4OC[C@@H](OC(C)=O)[C@H](OC(C)=O)[C@H]4OC(C)=O)[C@H]3OC(=O)c3ccccc3)[C@@H]2OC(=O)c2ccccc2)OC[C@H]1OC(C)=O. The van der Waals surface area contributed by atoms with Gasteiger partial charge in [0.15, 0.2) is 74.0 Å². The van der Waals surface area contributed by atoms with Gasteiger partial charge in [0.2, 0.25) is 0 Å². The van der Waals surface area contributed by atoms with Gasteiger partial charge in [-0.2, -0.15) is 0 Å².